The van der Waals surface area contributed by atoms with Gasteiger partial charge in [0.15, 0.2) is 0 Å². The zero-order valence-electron chi connectivity index (χ0n) is 17.7. The summed E-state index contributed by atoms with van der Waals surface area (Å²) >= 11 is 0. The van der Waals surface area contributed by atoms with Crippen molar-refractivity contribution in [3.8, 4) is 5.75 Å². The first kappa shape index (κ1) is 20.3. The molecule has 2 N–H and O–H groups in total. The van der Waals surface area contributed by atoms with Crippen LogP contribution in [-0.2, 0) is 17.7 Å². The normalized spacial score (nSPS) is 15.7. The number of carbonyl (C=O) groups excluding carboxylic acids is 1. The Morgan fingerprint density at radius 3 is 2.62 bits per heavy atom. The maximum atomic E-state index is 13.2. The van der Waals surface area contributed by atoms with E-state index >= 15 is 0 Å². The summed E-state index contributed by atoms with van der Waals surface area (Å²) in [6.45, 7) is 3.62. The van der Waals surface area contributed by atoms with E-state index < -0.39 is 0 Å². The van der Waals surface area contributed by atoms with Crippen LogP contribution in [0.4, 0.5) is 17.5 Å². The summed E-state index contributed by atoms with van der Waals surface area (Å²) in [6, 6.07) is 17.0. The number of nitrogens with one attached hydrogen (secondary N) is 1. The number of aromatic nitrogens is 2. The first-order valence-electron chi connectivity index (χ1n) is 10.8. The van der Waals surface area contributed by atoms with Gasteiger partial charge in [0.25, 0.3) is 5.91 Å². The number of rotatable bonds is 6. The van der Waals surface area contributed by atoms with E-state index in [0.717, 1.165) is 12.0 Å². The molecule has 2 aliphatic heterocycles. The first-order chi connectivity index (χ1) is 15.7. The van der Waals surface area contributed by atoms with Gasteiger partial charge in [-0.2, -0.15) is 4.98 Å². The predicted octanol–water partition coefficient (Wildman–Crippen LogP) is 2.96. The Labute approximate surface area is 186 Å². The van der Waals surface area contributed by atoms with Crippen molar-refractivity contribution in [3.05, 3.63) is 71.4 Å². The quantitative estimate of drug-likeness (QED) is 0.620. The summed E-state index contributed by atoms with van der Waals surface area (Å²) in [4.78, 5) is 26.5. The van der Waals surface area contributed by atoms with Gasteiger partial charge in [-0.25, -0.2) is 4.98 Å². The van der Waals surface area contributed by atoms with Gasteiger partial charge in [-0.3, -0.25) is 4.79 Å². The molecule has 32 heavy (non-hydrogen) atoms. The predicted molar refractivity (Wildman–Crippen MR) is 121 cm³/mol. The summed E-state index contributed by atoms with van der Waals surface area (Å²) < 4.78 is 5.45. The zero-order valence-corrected chi connectivity index (χ0v) is 17.7. The van der Waals surface area contributed by atoms with Crippen LogP contribution in [0, 0.1) is 0 Å². The van der Waals surface area contributed by atoms with Crippen LogP contribution in [-0.4, -0.2) is 58.7 Å². The molecule has 1 fully saturated rings. The minimum Gasteiger partial charge on any atom is -0.508 e. The highest BCUT2D eigenvalue weighted by Crippen LogP contribution is 2.32. The maximum absolute atomic E-state index is 13.2. The maximum Gasteiger partial charge on any atom is 0.273 e. The number of phenols is 1. The average molecular weight is 431 g/mol. The number of carbonyl (C=O) groups is 1. The highest BCUT2D eigenvalue weighted by atomic mass is 16.5. The Morgan fingerprint density at radius 2 is 1.84 bits per heavy atom. The number of nitrogens with zero attached hydrogens (tertiary/aromatic N) is 4. The van der Waals surface area contributed by atoms with Gasteiger partial charge in [-0.05, 0) is 24.1 Å². The van der Waals surface area contributed by atoms with Crippen molar-refractivity contribution in [1.82, 2.24) is 14.9 Å². The number of ether oxygens (including phenoxy) is 1. The summed E-state index contributed by atoms with van der Waals surface area (Å²) in [5.74, 6) is 1.20. The molecule has 2 aromatic carbocycles. The number of hydrogen-bond donors (Lipinski definition) is 2. The molecule has 1 aromatic heterocycles. The smallest absolute Gasteiger partial charge is 0.273 e. The van der Waals surface area contributed by atoms with Crippen molar-refractivity contribution in [2.75, 3.05) is 43.1 Å². The van der Waals surface area contributed by atoms with Crippen LogP contribution in [0.1, 0.15) is 21.6 Å². The van der Waals surface area contributed by atoms with Crippen molar-refractivity contribution >= 4 is 23.4 Å². The summed E-state index contributed by atoms with van der Waals surface area (Å²) in [6.07, 6.45) is 0.777. The summed E-state index contributed by atoms with van der Waals surface area (Å²) in [5, 5.41) is 13.1. The third kappa shape index (κ3) is 4.22. The van der Waals surface area contributed by atoms with Crippen LogP contribution in [0.2, 0.25) is 0 Å². The molecule has 5 rings (SSSR count). The SMILES string of the molecule is O=C1c2nc(N3CCOCC3)nc(Nc3cccc(O)c3)c2CN1CCc1ccccc1. The standard InChI is InChI=1S/C24H25N5O3/c30-19-8-4-7-18(15-19)25-22-20-16-29(10-9-17-5-2-1-3-6-17)23(31)21(20)26-24(27-22)28-11-13-32-14-12-28/h1-8,15,30H,9-14,16H2,(H,25,26,27). The molecule has 1 amide bonds. The molecule has 8 nitrogen and oxygen atoms in total. The lowest BCUT2D eigenvalue weighted by molar-refractivity contribution is 0.0776. The van der Waals surface area contributed by atoms with E-state index in [9.17, 15) is 9.90 Å². The topological polar surface area (TPSA) is 90.8 Å². The summed E-state index contributed by atoms with van der Waals surface area (Å²) in [5.41, 5.74) is 3.11. The Bertz CT molecular complexity index is 1120. The van der Waals surface area contributed by atoms with E-state index in [1.165, 1.54) is 5.56 Å². The Kier molecular flexibility index (Phi) is 5.60. The molecule has 0 unspecified atom stereocenters. The van der Waals surface area contributed by atoms with Crippen LogP contribution >= 0.6 is 0 Å². The Balaban J connectivity index is 1.45. The lowest BCUT2D eigenvalue weighted by Gasteiger charge is -2.27. The van der Waals surface area contributed by atoms with Gasteiger partial charge < -0.3 is 25.0 Å². The van der Waals surface area contributed by atoms with E-state index in [1.807, 2.05) is 34.1 Å². The zero-order chi connectivity index (χ0) is 21.9. The Morgan fingerprint density at radius 1 is 1.03 bits per heavy atom. The fraction of sp³-hybridized carbons (Fsp3) is 0.292. The van der Waals surface area contributed by atoms with E-state index in [0.29, 0.717) is 62.5 Å². The fourth-order valence-electron chi connectivity index (χ4n) is 4.03. The van der Waals surface area contributed by atoms with E-state index in [4.69, 9.17) is 9.72 Å². The van der Waals surface area contributed by atoms with Crippen molar-refractivity contribution in [3.63, 3.8) is 0 Å². The third-order valence-corrected chi connectivity index (χ3v) is 5.75. The van der Waals surface area contributed by atoms with Crippen LogP contribution in [0.3, 0.4) is 0 Å². The van der Waals surface area contributed by atoms with Crippen molar-refractivity contribution in [2.45, 2.75) is 13.0 Å². The Hall–Kier alpha value is -3.65. The van der Waals surface area contributed by atoms with Gasteiger partial charge in [0.05, 0.1) is 19.8 Å². The number of benzene rings is 2. The van der Waals surface area contributed by atoms with Crippen molar-refractivity contribution < 1.29 is 14.6 Å². The lowest BCUT2D eigenvalue weighted by Crippen LogP contribution is -2.37. The molecule has 164 valence electrons. The van der Waals surface area contributed by atoms with Gasteiger partial charge >= 0.3 is 0 Å². The second-order valence-electron chi connectivity index (χ2n) is 7.94. The van der Waals surface area contributed by atoms with E-state index in [1.54, 1.807) is 18.2 Å². The van der Waals surface area contributed by atoms with Gasteiger partial charge in [0.2, 0.25) is 5.95 Å². The molecular weight excluding hydrogens is 406 g/mol. The molecule has 0 bridgehead atoms. The number of anilines is 3. The van der Waals surface area contributed by atoms with E-state index in [2.05, 4.69) is 22.4 Å². The molecule has 3 heterocycles. The molecular formula is C24H25N5O3. The first-order valence-corrected chi connectivity index (χ1v) is 10.8. The van der Waals surface area contributed by atoms with Crippen molar-refractivity contribution in [2.24, 2.45) is 0 Å². The van der Waals surface area contributed by atoms with Gasteiger partial charge in [0, 0.05) is 37.0 Å². The molecule has 2 aliphatic rings. The number of amides is 1. The van der Waals surface area contributed by atoms with Crippen LogP contribution in [0.15, 0.2) is 54.6 Å². The minimum absolute atomic E-state index is 0.0770. The third-order valence-electron chi connectivity index (χ3n) is 5.75. The molecule has 0 atom stereocenters. The fourth-order valence-corrected chi connectivity index (χ4v) is 4.03. The largest absolute Gasteiger partial charge is 0.508 e. The van der Waals surface area contributed by atoms with Gasteiger partial charge in [0.1, 0.15) is 17.3 Å². The average Bonchev–Trinajstić information content (AvgIpc) is 3.15. The lowest BCUT2D eigenvalue weighted by atomic mass is 10.1. The van der Waals surface area contributed by atoms with Crippen molar-refractivity contribution in [1.29, 1.82) is 0 Å². The second kappa shape index (κ2) is 8.84. The highest BCUT2D eigenvalue weighted by Gasteiger charge is 2.33. The molecule has 8 heteroatoms. The van der Waals surface area contributed by atoms with Gasteiger partial charge in [-0.15, -0.1) is 0 Å². The monoisotopic (exact) mass is 431 g/mol. The molecule has 0 aliphatic carbocycles. The number of hydrogen-bond acceptors (Lipinski definition) is 7. The molecule has 1 saturated heterocycles. The number of aromatic hydroxyl groups is 1. The summed E-state index contributed by atoms with van der Waals surface area (Å²) in [7, 11) is 0. The van der Waals surface area contributed by atoms with Crippen LogP contribution in [0.25, 0.3) is 0 Å². The molecule has 0 spiro atoms. The number of fused-ring (bicyclic) bond motifs is 1. The molecule has 3 aromatic rings. The number of phenolic OH excluding ortho intramolecular Hbond substituents is 1. The highest BCUT2D eigenvalue weighted by molar-refractivity contribution is 5.98. The van der Waals surface area contributed by atoms with Crippen LogP contribution in [0.5, 0.6) is 5.75 Å². The van der Waals surface area contributed by atoms with E-state index in [-0.39, 0.29) is 11.7 Å². The molecule has 0 saturated carbocycles. The number of morpholine rings is 1. The van der Waals surface area contributed by atoms with Crippen LogP contribution < -0.4 is 10.2 Å². The van der Waals surface area contributed by atoms with Gasteiger partial charge in [-0.1, -0.05) is 36.4 Å². The molecule has 0 radical (unpaired) electrons. The second-order valence-corrected chi connectivity index (χ2v) is 7.94. The minimum atomic E-state index is -0.0770.